The molecule has 0 radical (unpaired) electrons. The fourth-order valence-corrected chi connectivity index (χ4v) is 2.81. The zero-order valence-electron chi connectivity index (χ0n) is 9.97. The molecular weight excluding hydrogens is 170 g/mol. The Balaban J connectivity index is 1.70. The summed E-state index contributed by atoms with van der Waals surface area (Å²) in [6.07, 6.45) is 7.23. The van der Waals surface area contributed by atoms with Gasteiger partial charge in [0.25, 0.3) is 0 Å². The van der Waals surface area contributed by atoms with Crippen LogP contribution in [-0.4, -0.2) is 12.6 Å². The molecule has 0 bridgehead atoms. The Labute approximate surface area is 88.7 Å². The van der Waals surface area contributed by atoms with Gasteiger partial charge in [-0.1, -0.05) is 40.0 Å². The van der Waals surface area contributed by atoms with E-state index in [0.717, 1.165) is 17.9 Å². The molecule has 2 rings (SSSR count). The maximum Gasteiger partial charge on any atom is 0.0125 e. The van der Waals surface area contributed by atoms with Gasteiger partial charge >= 0.3 is 0 Å². The summed E-state index contributed by atoms with van der Waals surface area (Å²) in [7, 11) is 0. The highest BCUT2D eigenvalue weighted by molar-refractivity contribution is 5.01. The summed E-state index contributed by atoms with van der Waals surface area (Å²) >= 11 is 0. The lowest BCUT2D eigenvalue weighted by Gasteiger charge is -2.29. The highest BCUT2D eigenvalue weighted by Gasteiger charge is 2.45. The van der Waals surface area contributed by atoms with E-state index in [-0.39, 0.29) is 0 Å². The van der Waals surface area contributed by atoms with E-state index in [1.807, 2.05) is 0 Å². The highest BCUT2D eigenvalue weighted by Crippen LogP contribution is 2.44. The predicted molar refractivity (Wildman–Crippen MR) is 61.3 cm³/mol. The molecule has 1 N–H and O–H groups in total. The van der Waals surface area contributed by atoms with E-state index in [2.05, 4.69) is 26.1 Å². The summed E-state index contributed by atoms with van der Waals surface area (Å²) in [5, 5.41) is 3.75. The summed E-state index contributed by atoms with van der Waals surface area (Å²) in [4.78, 5) is 0. The van der Waals surface area contributed by atoms with Gasteiger partial charge in [-0.25, -0.2) is 0 Å². The van der Waals surface area contributed by atoms with Gasteiger partial charge in [0.05, 0.1) is 0 Å². The van der Waals surface area contributed by atoms with Crippen LogP contribution in [0.1, 0.15) is 52.9 Å². The molecular formula is C13H25N. The average molecular weight is 195 g/mol. The van der Waals surface area contributed by atoms with E-state index in [4.69, 9.17) is 0 Å². The minimum Gasteiger partial charge on any atom is -0.313 e. The second-order valence-corrected chi connectivity index (χ2v) is 6.18. The molecule has 0 aromatic rings. The van der Waals surface area contributed by atoms with Crippen molar-refractivity contribution in [1.29, 1.82) is 0 Å². The van der Waals surface area contributed by atoms with Gasteiger partial charge in [-0.15, -0.1) is 0 Å². The number of nitrogens with one attached hydrogen (secondary N) is 1. The Hall–Kier alpha value is -0.0400. The first-order valence-corrected chi connectivity index (χ1v) is 6.33. The van der Waals surface area contributed by atoms with Crippen LogP contribution in [0.25, 0.3) is 0 Å². The predicted octanol–water partition coefficient (Wildman–Crippen LogP) is 3.20. The molecule has 0 amide bonds. The van der Waals surface area contributed by atoms with Gasteiger partial charge in [0.2, 0.25) is 0 Å². The van der Waals surface area contributed by atoms with E-state index in [1.165, 1.54) is 38.6 Å². The molecule has 3 unspecified atom stereocenters. The maximum absolute atomic E-state index is 3.75. The largest absolute Gasteiger partial charge is 0.313 e. The molecule has 2 fully saturated rings. The first-order valence-electron chi connectivity index (χ1n) is 6.33. The molecule has 0 spiro atoms. The van der Waals surface area contributed by atoms with Crippen LogP contribution in [0.4, 0.5) is 0 Å². The van der Waals surface area contributed by atoms with Gasteiger partial charge in [-0.2, -0.15) is 0 Å². The van der Waals surface area contributed by atoms with Crippen molar-refractivity contribution in [3.63, 3.8) is 0 Å². The molecule has 2 saturated carbocycles. The van der Waals surface area contributed by atoms with Crippen LogP contribution < -0.4 is 5.32 Å². The van der Waals surface area contributed by atoms with Crippen LogP contribution in [-0.2, 0) is 0 Å². The maximum atomic E-state index is 3.75. The third kappa shape index (κ3) is 2.31. The number of rotatable bonds is 3. The van der Waals surface area contributed by atoms with E-state index < -0.39 is 0 Å². The van der Waals surface area contributed by atoms with Crippen molar-refractivity contribution in [1.82, 2.24) is 5.32 Å². The fourth-order valence-electron chi connectivity index (χ4n) is 2.81. The Morgan fingerprint density at radius 3 is 2.43 bits per heavy atom. The minimum absolute atomic E-state index is 0.595. The monoisotopic (exact) mass is 195 g/mol. The third-order valence-corrected chi connectivity index (χ3v) is 4.43. The lowest BCUT2D eigenvalue weighted by molar-refractivity contribution is 0.245. The second kappa shape index (κ2) is 3.84. The first kappa shape index (κ1) is 10.5. The zero-order chi connectivity index (χ0) is 10.2. The topological polar surface area (TPSA) is 12.0 Å². The SMILES string of the molecule is CC1CCCCC1CNC1CC1(C)C. The molecule has 3 atom stereocenters. The van der Waals surface area contributed by atoms with Gasteiger partial charge in [-0.3, -0.25) is 0 Å². The number of hydrogen-bond donors (Lipinski definition) is 1. The summed E-state index contributed by atoms with van der Waals surface area (Å²) in [6, 6.07) is 0.816. The van der Waals surface area contributed by atoms with E-state index in [1.54, 1.807) is 0 Å². The Morgan fingerprint density at radius 2 is 1.86 bits per heavy atom. The van der Waals surface area contributed by atoms with Crippen molar-refractivity contribution in [3.8, 4) is 0 Å². The molecule has 1 nitrogen and oxygen atoms in total. The van der Waals surface area contributed by atoms with Crippen molar-refractivity contribution in [2.75, 3.05) is 6.54 Å². The van der Waals surface area contributed by atoms with E-state index in [9.17, 15) is 0 Å². The number of hydrogen-bond acceptors (Lipinski definition) is 1. The fraction of sp³-hybridized carbons (Fsp3) is 1.00. The van der Waals surface area contributed by atoms with E-state index in [0.29, 0.717) is 5.41 Å². The molecule has 0 heterocycles. The first-order chi connectivity index (χ1) is 6.59. The van der Waals surface area contributed by atoms with Crippen molar-refractivity contribution < 1.29 is 0 Å². The highest BCUT2D eigenvalue weighted by atomic mass is 15.0. The Kier molecular flexibility index (Phi) is 2.88. The summed E-state index contributed by atoms with van der Waals surface area (Å²) in [6.45, 7) is 8.45. The van der Waals surface area contributed by atoms with Gasteiger partial charge < -0.3 is 5.32 Å². The molecule has 0 aliphatic heterocycles. The summed E-state index contributed by atoms with van der Waals surface area (Å²) < 4.78 is 0. The second-order valence-electron chi connectivity index (χ2n) is 6.18. The third-order valence-electron chi connectivity index (χ3n) is 4.43. The molecule has 14 heavy (non-hydrogen) atoms. The van der Waals surface area contributed by atoms with Crippen LogP contribution in [0.2, 0.25) is 0 Å². The van der Waals surface area contributed by atoms with Gasteiger partial charge in [0.15, 0.2) is 0 Å². The van der Waals surface area contributed by atoms with Gasteiger partial charge in [0.1, 0.15) is 0 Å². The van der Waals surface area contributed by atoms with Crippen molar-refractivity contribution in [2.24, 2.45) is 17.3 Å². The molecule has 1 heteroatoms. The standard InChI is InChI=1S/C13H25N/c1-10-6-4-5-7-11(10)9-14-12-8-13(12,2)3/h10-12,14H,4-9H2,1-3H3. The molecule has 0 aromatic carbocycles. The molecule has 0 saturated heterocycles. The zero-order valence-corrected chi connectivity index (χ0v) is 9.97. The quantitative estimate of drug-likeness (QED) is 0.729. The van der Waals surface area contributed by atoms with Gasteiger partial charge in [0, 0.05) is 6.04 Å². The van der Waals surface area contributed by atoms with Crippen LogP contribution in [0, 0.1) is 17.3 Å². The Morgan fingerprint density at radius 1 is 1.21 bits per heavy atom. The molecule has 0 aromatic heterocycles. The van der Waals surface area contributed by atoms with Crippen molar-refractivity contribution >= 4 is 0 Å². The van der Waals surface area contributed by atoms with Crippen molar-refractivity contribution in [3.05, 3.63) is 0 Å². The van der Waals surface area contributed by atoms with Crippen LogP contribution in [0.15, 0.2) is 0 Å². The smallest absolute Gasteiger partial charge is 0.0125 e. The molecule has 2 aliphatic carbocycles. The van der Waals surface area contributed by atoms with Crippen LogP contribution in [0.3, 0.4) is 0 Å². The van der Waals surface area contributed by atoms with E-state index >= 15 is 0 Å². The van der Waals surface area contributed by atoms with Crippen molar-refractivity contribution in [2.45, 2.75) is 58.9 Å². The lowest BCUT2D eigenvalue weighted by Crippen LogP contribution is -2.32. The van der Waals surface area contributed by atoms with Crippen LogP contribution in [0.5, 0.6) is 0 Å². The lowest BCUT2D eigenvalue weighted by atomic mass is 9.80. The Bertz CT molecular complexity index is 197. The minimum atomic E-state index is 0.595. The van der Waals surface area contributed by atoms with Crippen LogP contribution >= 0.6 is 0 Å². The van der Waals surface area contributed by atoms with Gasteiger partial charge in [-0.05, 0) is 36.6 Å². The summed E-state index contributed by atoms with van der Waals surface area (Å²) in [5.41, 5.74) is 0.595. The normalized spacial score (nSPS) is 40.9. The molecule has 82 valence electrons. The molecule has 2 aliphatic rings. The average Bonchev–Trinajstić information content (AvgIpc) is 2.73. The summed E-state index contributed by atoms with van der Waals surface area (Å²) in [5.74, 6) is 1.92.